The number of amides is 1. The minimum Gasteiger partial charge on any atom is -0.334 e. The number of nitrogens with zero attached hydrogens (tertiary/aromatic N) is 1. The molecule has 3 rings (SSSR count). The van der Waals surface area contributed by atoms with E-state index >= 15 is 0 Å². The van der Waals surface area contributed by atoms with Crippen molar-refractivity contribution < 1.29 is 9.18 Å². The van der Waals surface area contributed by atoms with Crippen molar-refractivity contribution in [1.82, 2.24) is 21.3 Å². The van der Waals surface area contributed by atoms with E-state index in [4.69, 9.17) is 11.6 Å². The van der Waals surface area contributed by atoms with E-state index in [1.54, 1.807) is 17.0 Å². The van der Waals surface area contributed by atoms with Gasteiger partial charge in [-0.15, -0.1) is 0 Å². The maximum absolute atomic E-state index is 13.9. The fourth-order valence-electron chi connectivity index (χ4n) is 2.32. The van der Waals surface area contributed by atoms with E-state index in [2.05, 4.69) is 16.4 Å². The molecule has 1 atom stereocenters. The number of halogens is 2. The summed E-state index contributed by atoms with van der Waals surface area (Å²) in [5.41, 5.74) is 8.79. The number of hydrazine groups is 2. The minimum absolute atomic E-state index is 0.0377. The second kappa shape index (κ2) is 5.65. The molecule has 5 nitrogen and oxygen atoms in total. The summed E-state index contributed by atoms with van der Waals surface area (Å²) < 4.78 is 13.9. The molecule has 0 aromatic heterocycles. The number of carbonyl (C=O) groups is 1. The predicted molar refractivity (Wildman–Crippen MR) is 73.0 cm³/mol. The first-order valence-corrected chi connectivity index (χ1v) is 7.01. The van der Waals surface area contributed by atoms with Gasteiger partial charge in [-0.3, -0.25) is 4.79 Å². The normalized spacial score (nSPS) is 22.0. The Morgan fingerprint density at radius 1 is 1.45 bits per heavy atom. The second-order valence-electron chi connectivity index (χ2n) is 5.10. The van der Waals surface area contributed by atoms with Gasteiger partial charge < -0.3 is 4.90 Å². The van der Waals surface area contributed by atoms with E-state index in [-0.39, 0.29) is 30.4 Å². The molecule has 3 N–H and O–H groups in total. The average Bonchev–Trinajstić information content (AvgIpc) is 3.11. The van der Waals surface area contributed by atoms with Gasteiger partial charge in [-0.1, -0.05) is 17.7 Å². The fourth-order valence-corrected chi connectivity index (χ4v) is 2.54. The van der Waals surface area contributed by atoms with Gasteiger partial charge in [0.05, 0.1) is 6.54 Å². The summed E-state index contributed by atoms with van der Waals surface area (Å²) in [6, 6.07) is 4.44. The summed E-state index contributed by atoms with van der Waals surface area (Å²) in [7, 11) is 0. The van der Waals surface area contributed by atoms with Crippen LogP contribution in [-0.4, -0.2) is 29.4 Å². The summed E-state index contributed by atoms with van der Waals surface area (Å²) in [6.07, 6.45) is 1.93. The van der Waals surface area contributed by atoms with Crippen LogP contribution in [0, 0.1) is 5.82 Å². The Balaban J connectivity index is 1.79. The fraction of sp³-hybridized carbons (Fsp3) is 0.462. The maximum Gasteiger partial charge on any atom is 0.243 e. The second-order valence-corrected chi connectivity index (χ2v) is 5.51. The molecule has 1 heterocycles. The quantitative estimate of drug-likeness (QED) is 0.775. The van der Waals surface area contributed by atoms with Gasteiger partial charge in [0.1, 0.15) is 11.9 Å². The van der Waals surface area contributed by atoms with Crippen molar-refractivity contribution in [3.8, 4) is 0 Å². The van der Waals surface area contributed by atoms with Crippen molar-refractivity contribution in [1.29, 1.82) is 0 Å². The molecule has 1 saturated carbocycles. The van der Waals surface area contributed by atoms with Crippen molar-refractivity contribution >= 4 is 17.5 Å². The van der Waals surface area contributed by atoms with Crippen LogP contribution in [-0.2, 0) is 11.3 Å². The van der Waals surface area contributed by atoms with Crippen LogP contribution < -0.4 is 16.4 Å². The third kappa shape index (κ3) is 2.78. The van der Waals surface area contributed by atoms with Crippen molar-refractivity contribution in [3.05, 3.63) is 34.6 Å². The molecule has 0 radical (unpaired) electrons. The van der Waals surface area contributed by atoms with Crippen LogP contribution in [0.4, 0.5) is 4.39 Å². The minimum atomic E-state index is -0.369. The molecular weight excluding hydrogens is 283 g/mol. The van der Waals surface area contributed by atoms with Crippen LogP contribution in [0.15, 0.2) is 18.2 Å². The Morgan fingerprint density at radius 2 is 2.25 bits per heavy atom. The molecule has 1 aromatic carbocycles. The summed E-state index contributed by atoms with van der Waals surface area (Å²) in [6.45, 7) is 0.722. The Bertz CT molecular complexity index is 497. The molecular formula is C13H16ClFN4O. The van der Waals surface area contributed by atoms with Gasteiger partial charge in [0, 0.05) is 23.2 Å². The van der Waals surface area contributed by atoms with Crippen molar-refractivity contribution in [2.45, 2.75) is 31.5 Å². The third-order valence-electron chi connectivity index (χ3n) is 3.60. The Morgan fingerprint density at radius 3 is 2.85 bits per heavy atom. The van der Waals surface area contributed by atoms with Gasteiger partial charge in [-0.25, -0.2) is 15.2 Å². The average molecular weight is 299 g/mol. The van der Waals surface area contributed by atoms with E-state index in [0.717, 1.165) is 12.8 Å². The Kier molecular flexibility index (Phi) is 3.89. The molecule has 108 valence electrons. The van der Waals surface area contributed by atoms with Gasteiger partial charge in [-0.05, 0) is 25.0 Å². The molecule has 0 spiro atoms. The summed E-state index contributed by atoms with van der Waals surface area (Å²) >= 11 is 6.04. The molecule has 1 aliphatic heterocycles. The molecule has 20 heavy (non-hydrogen) atoms. The van der Waals surface area contributed by atoms with Crippen molar-refractivity contribution in [3.63, 3.8) is 0 Å². The molecule has 1 aromatic rings. The highest BCUT2D eigenvalue weighted by Crippen LogP contribution is 2.31. The van der Waals surface area contributed by atoms with Crippen LogP contribution >= 0.6 is 11.6 Å². The summed E-state index contributed by atoms with van der Waals surface area (Å²) in [5.74, 6) is -0.407. The number of carbonyl (C=O) groups excluding carboxylic acids is 1. The number of hydrogen-bond donors (Lipinski definition) is 3. The van der Waals surface area contributed by atoms with Crippen LogP contribution in [0.3, 0.4) is 0 Å². The number of nitrogens with one attached hydrogen (secondary N) is 3. The monoisotopic (exact) mass is 298 g/mol. The zero-order chi connectivity index (χ0) is 14.1. The van der Waals surface area contributed by atoms with Crippen molar-refractivity contribution in [2.75, 3.05) is 6.54 Å². The molecule has 1 unspecified atom stereocenters. The highest BCUT2D eigenvalue weighted by molar-refractivity contribution is 6.31. The molecule has 1 saturated heterocycles. The lowest BCUT2D eigenvalue weighted by Crippen LogP contribution is -2.47. The SMILES string of the molecule is O=C(C1CNNN1)N(Cc1c(F)cccc1Cl)C1CC1. The van der Waals surface area contributed by atoms with Gasteiger partial charge in [0.25, 0.3) is 0 Å². The van der Waals surface area contributed by atoms with E-state index < -0.39 is 0 Å². The zero-order valence-electron chi connectivity index (χ0n) is 10.8. The Labute approximate surface area is 121 Å². The number of benzene rings is 1. The first kappa shape index (κ1) is 13.8. The van der Waals surface area contributed by atoms with E-state index in [0.29, 0.717) is 17.1 Å². The lowest BCUT2D eigenvalue weighted by Gasteiger charge is -2.25. The zero-order valence-corrected chi connectivity index (χ0v) is 11.6. The lowest BCUT2D eigenvalue weighted by molar-refractivity contribution is -0.134. The standard InChI is InChI=1S/C13H16ClFN4O/c14-10-2-1-3-11(15)9(10)7-19(8-4-5-8)13(20)12-6-16-18-17-12/h1-3,8,12,16-18H,4-7H2. The van der Waals surface area contributed by atoms with Crippen LogP contribution in [0.1, 0.15) is 18.4 Å². The first-order chi connectivity index (χ1) is 9.66. The summed E-state index contributed by atoms with van der Waals surface area (Å²) in [4.78, 5) is 14.2. The van der Waals surface area contributed by atoms with Crippen LogP contribution in [0.5, 0.6) is 0 Å². The molecule has 7 heteroatoms. The molecule has 1 aliphatic carbocycles. The van der Waals surface area contributed by atoms with Gasteiger partial charge in [-0.2, -0.15) is 5.53 Å². The van der Waals surface area contributed by atoms with E-state index in [1.807, 2.05) is 0 Å². The van der Waals surface area contributed by atoms with Gasteiger partial charge in [0.2, 0.25) is 5.91 Å². The topological polar surface area (TPSA) is 56.4 Å². The Hall–Kier alpha value is -1.21. The summed E-state index contributed by atoms with van der Waals surface area (Å²) in [5, 5.41) is 0.360. The van der Waals surface area contributed by atoms with Crippen molar-refractivity contribution in [2.24, 2.45) is 0 Å². The highest BCUT2D eigenvalue weighted by atomic mass is 35.5. The number of rotatable bonds is 4. The van der Waals surface area contributed by atoms with E-state index in [1.165, 1.54) is 6.07 Å². The van der Waals surface area contributed by atoms with Gasteiger partial charge >= 0.3 is 0 Å². The largest absolute Gasteiger partial charge is 0.334 e. The molecule has 2 aliphatic rings. The predicted octanol–water partition coefficient (Wildman–Crippen LogP) is 0.951. The molecule has 2 fully saturated rings. The number of hydrogen-bond acceptors (Lipinski definition) is 4. The van der Waals surface area contributed by atoms with Crippen LogP contribution in [0.25, 0.3) is 0 Å². The lowest BCUT2D eigenvalue weighted by atomic mass is 10.1. The maximum atomic E-state index is 13.9. The van der Waals surface area contributed by atoms with Crippen LogP contribution in [0.2, 0.25) is 5.02 Å². The van der Waals surface area contributed by atoms with E-state index in [9.17, 15) is 9.18 Å². The molecule has 0 bridgehead atoms. The third-order valence-corrected chi connectivity index (χ3v) is 3.95. The van der Waals surface area contributed by atoms with Gasteiger partial charge in [0.15, 0.2) is 0 Å². The smallest absolute Gasteiger partial charge is 0.243 e. The highest BCUT2D eigenvalue weighted by Gasteiger charge is 2.37. The first-order valence-electron chi connectivity index (χ1n) is 6.63. The molecule has 1 amide bonds.